The van der Waals surface area contributed by atoms with E-state index in [2.05, 4.69) is 15.9 Å². The molecular weight excluding hydrogens is 296 g/mol. The smallest absolute Gasteiger partial charge is 0.335 e. The van der Waals surface area contributed by atoms with Crippen LogP contribution >= 0.6 is 15.9 Å². The first-order chi connectivity index (χ1) is 8.58. The lowest BCUT2D eigenvalue weighted by Gasteiger charge is -2.02. The molecule has 0 fully saturated rings. The summed E-state index contributed by atoms with van der Waals surface area (Å²) in [5, 5.41) is 8.77. The lowest BCUT2D eigenvalue weighted by Crippen LogP contribution is -2.02. The predicted octanol–water partition coefficient (Wildman–Crippen LogP) is 3.38. The SMILES string of the molecule is O=C(O)c1ccc(C(=O)c2ccc(Br)cc2)cc1. The molecule has 0 aliphatic heterocycles. The Bertz CT molecular complexity index is 585. The molecule has 0 radical (unpaired) electrons. The summed E-state index contributed by atoms with van der Waals surface area (Å²) in [6.45, 7) is 0. The van der Waals surface area contributed by atoms with Crippen molar-refractivity contribution in [2.24, 2.45) is 0 Å². The monoisotopic (exact) mass is 304 g/mol. The number of carboxylic acids is 1. The number of rotatable bonds is 3. The molecule has 0 aliphatic rings. The fourth-order valence-corrected chi connectivity index (χ4v) is 1.80. The molecule has 2 aromatic carbocycles. The molecule has 4 heteroatoms. The first-order valence-corrected chi connectivity index (χ1v) is 6.01. The van der Waals surface area contributed by atoms with Crippen LogP contribution < -0.4 is 0 Å². The number of benzene rings is 2. The van der Waals surface area contributed by atoms with E-state index in [1.54, 1.807) is 24.3 Å². The Morgan fingerprint density at radius 2 is 1.17 bits per heavy atom. The van der Waals surface area contributed by atoms with Gasteiger partial charge < -0.3 is 5.11 Å². The van der Waals surface area contributed by atoms with Crippen LogP contribution in [0.5, 0.6) is 0 Å². The highest BCUT2D eigenvalue weighted by molar-refractivity contribution is 9.10. The summed E-state index contributed by atoms with van der Waals surface area (Å²) in [6, 6.07) is 12.9. The van der Waals surface area contributed by atoms with Crippen molar-refractivity contribution in [1.82, 2.24) is 0 Å². The van der Waals surface area contributed by atoms with E-state index < -0.39 is 5.97 Å². The number of hydrogen-bond donors (Lipinski definition) is 1. The van der Waals surface area contributed by atoms with Crippen molar-refractivity contribution in [3.05, 3.63) is 69.7 Å². The average molecular weight is 305 g/mol. The molecule has 0 unspecified atom stereocenters. The van der Waals surface area contributed by atoms with Gasteiger partial charge in [-0.25, -0.2) is 4.79 Å². The van der Waals surface area contributed by atoms with Crippen molar-refractivity contribution < 1.29 is 14.7 Å². The van der Waals surface area contributed by atoms with Crippen molar-refractivity contribution >= 4 is 27.7 Å². The normalized spacial score (nSPS) is 10.1. The van der Waals surface area contributed by atoms with Crippen molar-refractivity contribution in [1.29, 1.82) is 0 Å². The second-order valence-corrected chi connectivity index (χ2v) is 4.63. The lowest BCUT2D eigenvalue weighted by molar-refractivity contribution is 0.0696. The fourth-order valence-electron chi connectivity index (χ4n) is 1.53. The molecule has 0 bridgehead atoms. The van der Waals surface area contributed by atoms with Gasteiger partial charge in [0.2, 0.25) is 0 Å². The van der Waals surface area contributed by atoms with Crippen LogP contribution in [0.2, 0.25) is 0 Å². The van der Waals surface area contributed by atoms with Crippen LogP contribution in [0.1, 0.15) is 26.3 Å². The van der Waals surface area contributed by atoms with Crippen molar-refractivity contribution in [2.75, 3.05) is 0 Å². The standard InChI is InChI=1S/C14H9BrO3/c15-12-7-5-10(6-8-12)13(16)9-1-3-11(4-2-9)14(17)18/h1-8H,(H,17,18). The molecule has 3 nitrogen and oxygen atoms in total. The summed E-state index contributed by atoms with van der Waals surface area (Å²) in [6.07, 6.45) is 0. The summed E-state index contributed by atoms with van der Waals surface area (Å²) < 4.78 is 0.903. The van der Waals surface area contributed by atoms with E-state index in [1.807, 2.05) is 0 Å². The number of aromatic carboxylic acids is 1. The molecular formula is C14H9BrO3. The van der Waals surface area contributed by atoms with Crippen LogP contribution in [-0.4, -0.2) is 16.9 Å². The van der Waals surface area contributed by atoms with E-state index >= 15 is 0 Å². The zero-order chi connectivity index (χ0) is 13.1. The van der Waals surface area contributed by atoms with Crippen molar-refractivity contribution in [3.63, 3.8) is 0 Å². The van der Waals surface area contributed by atoms with E-state index in [0.29, 0.717) is 11.1 Å². The van der Waals surface area contributed by atoms with Gasteiger partial charge in [0.05, 0.1) is 5.56 Å². The van der Waals surface area contributed by atoms with Gasteiger partial charge in [-0.3, -0.25) is 4.79 Å². The minimum Gasteiger partial charge on any atom is -0.478 e. The summed E-state index contributed by atoms with van der Waals surface area (Å²) in [7, 11) is 0. The number of ketones is 1. The third-order valence-electron chi connectivity index (χ3n) is 2.50. The highest BCUT2D eigenvalue weighted by atomic mass is 79.9. The molecule has 0 aromatic heterocycles. The number of carbonyl (C=O) groups excluding carboxylic acids is 1. The van der Waals surface area contributed by atoms with Gasteiger partial charge in [-0.1, -0.05) is 28.1 Å². The topological polar surface area (TPSA) is 54.4 Å². The molecule has 0 aliphatic carbocycles. The highest BCUT2D eigenvalue weighted by Gasteiger charge is 2.10. The first kappa shape index (κ1) is 12.5. The summed E-state index contributed by atoms with van der Waals surface area (Å²) in [5.41, 5.74) is 1.21. The maximum absolute atomic E-state index is 12.1. The molecule has 0 saturated heterocycles. The maximum Gasteiger partial charge on any atom is 0.335 e. The Morgan fingerprint density at radius 3 is 1.61 bits per heavy atom. The Hall–Kier alpha value is -1.94. The Balaban J connectivity index is 2.28. The number of halogens is 1. The van der Waals surface area contributed by atoms with Gasteiger partial charge in [-0.05, 0) is 36.4 Å². The number of carboxylic acid groups (broad SMARTS) is 1. The van der Waals surface area contributed by atoms with Crippen LogP contribution in [0.25, 0.3) is 0 Å². The minimum absolute atomic E-state index is 0.126. The van der Waals surface area contributed by atoms with E-state index in [-0.39, 0.29) is 11.3 Å². The average Bonchev–Trinajstić information content (AvgIpc) is 2.39. The predicted molar refractivity (Wildman–Crippen MR) is 71.0 cm³/mol. The van der Waals surface area contributed by atoms with Gasteiger partial charge >= 0.3 is 5.97 Å². The van der Waals surface area contributed by atoms with Gasteiger partial charge in [0.1, 0.15) is 0 Å². The summed E-state index contributed by atoms with van der Waals surface area (Å²) in [4.78, 5) is 22.8. The number of hydrogen-bond acceptors (Lipinski definition) is 2. The molecule has 90 valence electrons. The van der Waals surface area contributed by atoms with E-state index in [4.69, 9.17) is 5.11 Å². The summed E-state index contributed by atoms with van der Waals surface area (Å²) >= 11 is 3.30. The van der Waals surface area contributed by atoms with Gasteiger partial charge in [0.15, 0.2) is 5.78 Å². The number of carbonyl (C=O) groups is 2. The molecule has 0 atom stereocenters. The van der Waals surface area contributed by atoms with Crippen LogP contribution in [-0.2, 0) is 0 Å². The largest absolute Gasteiger partial charge is 0.478 e. The maximum atomic E-state index is 12.1. The van der Waals surface area contributed by atoms with Crippen LogP contribution in [0, 0.1) is 0 Å². The first-order valence-electron chi connectivity index (χ1n) is 5.21. The van der Waals surface area contributed by atoms with Crippen molar-refractivity contribution in [3.8, 4) is 0 Å². The molecule has 2 rings (SSSR count). The summed E-state index contributed by atoms with van der Waals surface area (Å²) in [5.74, 6) is -1.13. The Morgan fingerprint density at radius 1 is 0.778 bits per heavy atom. The molecule has 0 heterocycles. The molecule has 1 N–H and O–H groups in total. The van der Waals surface area contributed by atoms with Gasteiger partial charge in [-0.2, -0.15) is 0 Å². The molecule has 0 amide bonds. The third-order valence-corrected chi connectivity index (χ3v) is 3.03. The quantitative estimate of drug-likeness (QED) is 0.884. The second-order valence-electron chi connectivity index (χ2n) is 3.72. The third kappa shape index (κ3) is 2.65. The van der Waals surface area contributed by atoms with E-state index in [0.717, 1.165) is 4.47 Å². The van der Waals surface area contributed by atoms with Crippen LogP contribution in [0.15, 0.2) is 53.0 Å². The Labute approximate surface area is 112 Å². The molecule has 0 saturated carbocycles. The van der Waals surface area contributed by atoms with Crippen LogP contribution in [0.3, 0.4) is 0 Å². The van der Waals surface area contributed by atoms with Crippen molar-refractivity contribution in [2.45, 2.75) is 0 Å². The molecule has 18 heavy (non-hydrogen) atoms. The zero-order valence-corrected chi connectivity index (χ0v) is 10.8. The fraction of sp³-hybridized carbons (Fsp3) is 0. The van der Waals surface area contributed by atoms with E-state index in [1.165, 1.54) is 24.3 Å². The molecule has 0 spiro atoms. The minimum atomic E-state index is -1.00. The van der Waals surface area contributed by atoms with E-state index in [9.17, 15) is 9.59 Å². The molecule has 2 aromatic rings. The van der Waals surface area contributed by atoms with Gasteiger partial charge in [0.25, 0.3) is 0 Å². The zero-order valence-electron chi connectivity index (χ0n) is 9.26. The second kappa shape index (κ2) is 5.14. The van der Waals surface area contributed by atoms with Gasteiger partial charge in [-0.15, -0.1) is 0 Å². The van der Waals surface area contributed by atoms with Gasteiger partial charge in [0, 0.05) is 15.6 Å². The van der Waals surface area contributed by atoms with Crippen LogP contribution in [0.4, 0.5) is 0 Å². The lowest BCUT2D eigenvalue weighted by atomic mass is 10.0. The highest BCUT2D eigenvalue weighted by Crippen LogP contribution is 2.15. The Kier molecular flexibility index (Phi) is 3.58.